The number of benzene rings is 1. The van der Waals surface area contributed by atoms with E-state index in [9.17, 15) is 0 Å². The number of hydrogen-bond acceptors (Lipinski definition) is 1. The van der Waals surface area contributed by atoms with Crippen LogP contribution in [0.1, 0.15) is 32.3 Å². The van der Waals surface area contributed by atoms with E-state index >= 15 is 0 Å². The summed E-state index contributed by atoms with van der Waals surface area (Å²) in [4.78, 5) is 0. The van der Waals surface area contributed by atoms with E-state index in [0.717, 1.165) is 17.0 Å². The summed E-state index contributed by atoms with van der Waals surface area (Å²) in [7, 11) is 0. The summed E-state index contributed by atoms with van der Waals surface area (Å²) in [6.45, 7) is 4.48. The van der Waals surface area contributed by atoms with Crippen LogP contribution in [0.4, 0.5) is 0 Å². The first-order valence-electron chi connectivity index (χ1n) is 5.58. The molecule has 15 heavy (non-hydrogen) atoms. The molecule has 0 amide bonds. The average molecular weight is 224 g/mol. The van der Waals surface area contributed by atoms with Crippen molar-refractivity contribution in [2.45, 2.75) is 32.2 Å². The van der Waals surface area contributed by atoms with Crippen molar-refractivity contribution >= 4 is 11.6 Å². The van der Waals surface area contributed by atoms with Crippen LogP contribution >= 0.6 is 11.6 Å². The van der Waals surface area contributed by atoms with Crippen LogP contribution in [-0.4, -0.2) is 0 Å². The molecule has 0 spiro atoms. The van der Waals surface area contributed by atoms with Gasteiger partial charge in [-0.25, -0.2) is 0 Å². The Hall–Kier alpha value is -0.530. The molecule has 0 aliphatic heterocycles. The lowest BCUT2D eigenvalue weighted by Crippen LogP contribution is -2.23. The van der Waals surface area contributed by atoms with Gasteiger partial charge < -0.3 is 5.73 Å². The van der Waals surface area contributed by atoms with Crippen molar-refractivity contribution in [2.75, 3.05) is 0 Å². The van der Waals surface area contributed by atoms with Gasteiger partial charge in [0.05, 0.1) is 0 Å². The highest BCUT2D eigenvalue weighted by Crippen LogP contribution is 2.54. The number of hydrogen-bond donors (Lipinski definition) is 1. The van der Waals surface area contributed by atoms with Crippen LogP contribution in [-0.2, 0) is 5.54 Å². The Morgan fingerprint density at radius 3 is 2.73 bits per heavy atom. The van der Waals surface area contributed by atoms with Crippen molar-refractivity contribution in [1.29, 1.82) is 0 Å². The molecule has 0 saturated heterocycles. The van der Waals surface area contributed by atoms with E-state index < -0.39 is 0 Å². The van der Waals surface area contributed by atoms with Crippen molar-refractivity contribution in [3.63, 3.8) is 0 Å². The first-order valence-corrected chi connectivity index (χ1v) is 5.95. The minimum atomic E-state index is -0.150. The Balaban J connectivity index is 2.16. The quantitative estimate of drug-likeness (QED) is 0.833. The molecule has 82 valence electrons. The predicted molar refractivity (Wildman–Crippen MR) is 64.9 cm³/mol. The topological polar surface area (TPSA) is 26.0 Å². The van der Waals surface area contributed by atoms with Crippen LogP contribution < -0.4 is 5.73 Å². The van der Waals surface area contributed by atoms with Gasteiger partial charge in [0.1, 0.15) is 0 Å². The Kier molecular flexibility index (Phi) is 2.78. The molecule has 2 atom stereocenters. The van der Waals surface area contributed by atoms with Crippen molar-refractivity contribution in [1.82, 2.24) is 0 Å². The largest absolute Gasteiger partial charge is 0.321 e. The maximum Gasteiger partial charge on any atom is 0.0457 e. The third kappa shape index (κ3) is 2.04. The molecule has 2 unspecified atom stereocenters. The van der Waals surface area contributed by atoms with E-state index in [-0.39, 0.29) is 5.54 Å². The fourth-order valence-corrected chi connectivity index (χ4v) is 2.69. The van der Waals surface area contributed by atoms with E-state index in [0.29, 0.717) is 11.8 Å². The highest BCUT2D eigenvalue weighted by atomic mass is 35.5. The Labute approximate surface area is 96.6 Å². The molecular weight excluding hydrogens is 206 g/mol. The minimum Gasteiger partial charge on any atom is -0.321 e. The summed E-state index contributed by atoms with van der Waals surface area (Å²) in [5.41, 5.74) is 7.35. The molecule has 0 heterocycles. The lowest BCUT2D eigenvalue weighted by molar-refractivity contribution is 0.491. The molecule has 0 radical (unpaired) electrons. The molecule has 1 aromatic rings. The summed E-state index contributed by atoms with van der Waals surface area (Å²) in [5, 5.41) is 0.811. The molecule has 2 heteroatoms. The standard InChI is InChI=1S/C13H18ClN/c1-9(2)7-10-8-13(10,15)11-5-3-4-6-12(11)14/h3-6,9-10H,7-8,15H2,1-2H3. The molecule has 1 aliphatic carbocycles. The van der Waals surface area contributed by atoms with Gasteiger partial charge in [0.2, 0.25) is 0 Å². The number of halogens is 1. The molecule has 1 saturated carbocycles. The summed E-state index contributed by atoms with van der Waals surface area (Å²) in [6, 6.07) is 7.95. The van der Waals surface area contributed by atoms with Gasteiger partial charge in [-0.05, 0) is 36.3 Å². The van der Waals surface area contributed by atoms with Gasteiger partial charge in [-0.15, -0.1) is 0 Å². The first-order chi connectivity index (χ1) is 7.04. The van der Waals surface area contributed by atoms with Gasteiger partial charge >= 0.3 is 0 Å². The zero-order valence-corrected chi connectivity index (χ0v) is 10.1. The highest BCUT2D eigenvalue weighted by Gasteiger charge is 2.52. The Bertz CT molecular complexity index is 361. The Morgan fingerprint density at radius 1 is 1.47 bits per heavy atom. The molecule has 1 fully saturated rings. The molecule has 0 bridgehead atoms. The molecular formula is C13H18ClN. The summed E-state index contributed by atoms with van der Waals surface area (Å²) >= 11 is 6.17. The molecule has 1 aliphatic rings. The highest BCUT2D eigenvalue weighted by molar-refractivity contribution is 6.31. The number of rotatable bonds is 3. The van der Waals surface area contributed by atoms with E-state index in [4.69, 9.17) is 17.3 Å². The van der Waals surface area contributed by atoms with Gasteiger partial charge in [0.25, 0.3) is 0 Å². The third-order valence-corrected chi connectivity index (χ3v) is 3.61. The van der Waals surface area contributed by atoms with Crippen molar-refractivity contribution < 1.29 is 0 Å². The van der Waals surface area contributed by atoms with E-state index in [1.54, 1.807) is 0 Å². The fraction of sp³-hybridized carbons (Fsp3) is 0.538. The van der Waals surface area contributed by atoms with Crippen LogP contribution in [0.25, 0.3) is 0 Å². The van der Waals surface area contributed by atoms with Crippen molar-refractivity contribution in [3.8, 4) is 0 Å². The van der Waals surface area contributed by atoms with E-state index in [2.05, 4.69) is 19.9 Å². The van der Waals surface area contributed by atoms with Gasteiger partial charge in [0.15, 0.2) is 0 Å². The van der Waals surface area contributed by atoms with Crippen molar-refractivity contribution in [2.24, 2.45) is 17.6 Å². The fourth-order valence-electron chi connectivity index (χ4n) is 2.38. The molecule has 0 aromatic heterocycles. The molecule has 1 aromatic carbocycles. The van der Waals surface area contributed by atoms with Crippen LogP contribution in [0, 0.1) is 11.8 Å². The summed E-state index contributed by atoms with van der Waals surface area (Å²) in [5.74, 6) is 1.32. The van der Waals surface area contributed by atoms with Crippen molar-refractivity contribution in [3.05, 3.63) is 34.9 Å². The van der Waals surface area contributed by atoms with Gasteiger partial charge in [0, 0.05) is 10.6 Å². The van der Waals surface area contributed by atoms with Gasteiger partial charge in [-0.2, -0.15) is 0 Å². The minimum absolute atomic E-state index is 0.150. The maximum absolute atomic E-state index is 6.38. The van der Waals surface area contributed by atoms with Gasteiger partial charge in [-0.3, -0.25) is 0 Å². The zero-order chi connectivity index (χ0) is 11.1. The third-order valence-electron chi connectivity index (χ3n) is 3.28. The molecule has 1 nitrogen and oxygen atoms in total. The lowest BCUT2D eigenvalue weighted by atomic mass is 9.98. The summed E-state index contributed by atoms with van der Waals surface area (Å²) in [6.07, 6.45) is 2.27. The predicted octanol–water partition coefficient (Wildman–Crippen LogP) is 3.56. The van der Waals surface area contributed by atoms with E-state index in [1.165, 1.54) is 6.42 Å². The van der Waals surface area contributed by atoms with E-state index in [1.807, 2.05) is 18.2 Å². The van der Waals surface area contributed by atoms with Crippen LogP contribution in [0.5, 0.6) is 0 Å². The number of nitrogens with two attached hydrogens (primary N) is 1. The second-order valence-electron chi connectivity index (χ2n) is 5.05. The molecule has 2 rings (SSSR count). The second kappa shape index (κ2) is 3.80. The second-order valence-corrected chi connectivity index (χ2v) is 5.46. The van der Waals surface area contributed by atoms with Crippen LogP contribution in [0.15, 0.2) is 24.3 Å². The van der Waals surface area contributed by atoms with Crippen LogP contribution in [0.2, 0.25) is 5.02 Å². The maximum atomic E-state index is 6.38. The average Bonchev–Trinajstić information content (AvgIpc) is 2.77. The molecule has 2 N–H and O–H groups in total. The SMILES string of the molecule is CC(C)CC1CC1(N)c1ccccc1Cl. The first kappa shape index (κ1) is 11.0. The normalized spacial score (nSPS) is 29.5. The monoisotopic (exact) mass is 223 g/mol. The van der Waals surface area contributed by atoms with Gasteiger partial charge in [-0.1, -0.05) is 43.6 Å². The smallest absolute Gasteiger partial charge is 0.0457 e. The Morgan fingerprint density at radius 2 is 2.13 bits per heavy atom. The summed E-state index contributed by atoms with van der Waals surface area (Å²) < 4.78 is 0. The lowest BCUT2D eigenvalue weighted by Gasteiger charge is -2.14. The zero-order valence-electron chi connectivity index (χ0n) is 9.33. The van der Waals surface area contributed by atoms with Crippen LogP contribution in [0.3, 0.4) is 0 Å².